The molecule has 6 nitrogen and oxygen atoms in total. The van der Waals surface area contributed by atoms with Gasteiger partial charge in [-0.3, -0.25) is 14.5 Å². The van der Waals surface area contributed by atoms with E-state index in [1.165, 1.54) is 11.1 Å². The molecule has 2 aromatic rings. The number of carbonyl (C=O) groups excluding carboxylic acids is 2. The van der Waals surface area contributed by atoms with Gasteiger partial charge in [0.15, 0.2) is 0 Å². The summed E-state index contributed by atoms with van der Waals surface area (Å²) in [4.78, 5) is 26.5. The van der Waals surface area contributed by atoms with Crippen LogP contribution in [0.5, 0.6) is 0 Å². The van der Waals surface area contributed by atoms with E-state index >= 15 is 0 Å². The van der Waals surface area contributed by atoms with Gasteiger partial charge >= 0.3 is 11.8 Å². The summed E-state index contributed by atoms with van der Waals surface area (Å²) in [6.45, 7) is 9.79. The molecule has 156 valence electrons. The molecule has 6 heteroatoms. The van der Waals surface area contributed by atoms with E-state index in [2.05, 4.69) is 21.6 Å². The van der Waals surface area contributed by atoms with Gasteiger partial charge in [-0.05, 0) is 64.3 Å². The maximum atomic E-state index is 12.1. The van der Waals surface area contributed by atoms with E-state index in [9.17, 15) is 9.59 Å². The SMILES string of the molecule is Cc1ccc(CNC(=O)C(=O)NCC2CCN(Cc3cc(C)oc3C)CC2)cc1. The average Bonchev–Trinajstić information content (AvgIpc) is 3.03. The molecule has 0 saturated carbocycles. The van der Waals surface area contributed by atoms with Crippen molar-refractivity contribution in [2.24, 2.45) is 5.92 Å². The van der Waals surface area contributed by atoms with Crippen LogP contribution in [0.1, 0.15) is 41.1 Å². The Morgan fingerprint density at radius 2 is 1.69 bits per heavy atom. The molecule has 0 unspecified atom stereocenters. The highest BCUT2D eigenvalue weighted by atomic mass is 16.3. The number of rotatable bonds is 6. The number of piperidine rings is 1. The fourth-order valence-electron chi connectivity index (χ4n) is 3.72. The largest absolute Gasteiger partial charge is 0.466 e. The molecule has 1 aliphatic rings. The van der Waals surface area contributed by atoms with Gasteiger partial charge in [0.25, 0.3) is 0 Å². The van der Waals surface area contributed by atoms with Crippen molar-refractivity contribution in [2.45, 2.75) is 46.7 Å². The average molecular weight is 398 g/mol. The number of nitrogens with one attached hydrogen (secondary N) is 2. The van der Waals surface area contributed by atoms with Crippen LogP contribution in [0.15, 0.2) is 34.7 Å². The molecule has 2 N–H and O–H groups in total. The summed E-state index contributed by atoms with van der Waals surface area (Å²) in [6, 6.07) is 9.99. The van der Waals surface area contributed by atoms with Crippen molar-refractivity contribution in [3.05, 3.63) is 58.5 Å². The predicted molar refractivity (Wildman–Crippen MR) is 112 cm³/mol. The number of hydrogen-bond donors (Lipinski definition) is 2. The third-order valence-corrected chi connectivity index (χ3v) is 5.58. The van der Waals surface area contributed by atoms with Crippen molar-refractivity contribution < 1.29 is 14.0 Å². The molecular formula is C23H31N3O3. The minimum absolute atomic E-state index is 0.359. The van der Waals surface area contributed by atoms with Crippen molar-refractivity contribution >= 4 is 11.8 Å². The summed E-state index contributed by atoms with van der Waals surface area (Å²) >= 11 is 0. The standard InChI is InChI=1S/C23H31N3O3/c1-16-4-6-19(7-5-16)13-24-22(27)23(28)25-14-20-8-10-26(11-9-20)15-21-12-17(2)29-18(21)3/h4-7,12,20H,8-11,13-15H2,1-3H3,(H,24,27)(H,25,28). The zero-order chi connectivity index (χ0) is 20.8. The molecule has 1 saturated heterocycles. The van der Waals surface area contributed by atoms with Gasteiger partial charge in [-0.25, -0.2) is 0 Å². The molecule has 0 bridgehead atoms. The quantitative estimate of drug-likeness (QED) is 0.735. The van der Waals surface area contributed by atoms with Crippen LogP contribution >= 0.6 is 0 Å². The van der Waals surface area contributed by atoms with Crippen molar-refractivity contribution in [1.29, 1.82) is 0 Å². The number of nitrogens with zero attached hydrogens (tertiary/aromatic N) is 1. The van der Waals surface area contributed by atoms with Gasteiger partial charge in [-0.2, -0.15) is 0 Å². The lowest BCUT2D eigenvalue weighted by Crippen LogP contribution is -2.43. The third kappa shape index (κ3) is 6.19. The Hall–Kier alpha value is -2.60. The summed E-state index contributed by atoms with van der Waals surface area (Å²) in [5.41, 5.74) is 3.39. The number of amides is 2. The molecule has 0 atom stereocenters. The molecule has 3 rings (SSSR count). The highest BCUT2D eigenvalue weighted by Gasteiger charge is 2.22. The molecule has 1 fully saturated rings. The number of hydrogen-bond acceptors (Lipinski definition) is 4. The fourth-order valence-corrected chi connectivity index (χ4v) is 3.72. The number of likely N-dealkylation sites (tertiary alicyclic amines) is 1. The maximum Gasteiger partial charge on any atom is 0.309 e. The van der Waals surface area contributed by atoms with E-state index in [1.54, 1.807) is 0 Å². The summed E-state index contributed by atoms with van der Waals surface area (Å²) in [6.07, 6.45) is 2.03. The van der Waals surface area contributed by atoms with Gasteiger partial charge in [0.2, 0.25) is 0 Å². The highest BCUT2D eigenvalue weighted by Crippen LogP contribution is 2.21. The van der Waals surface area contributed by atoms with Crippen LogP contribution in [-0.4, -0.2) is 36.3 Å². The smallest absolute Gasteiger partial charge is 0.309 e. The van der Waals surface area contributed by atoms with Gasteiger partial charge in [0, 0.05) is 25.2 Å². The second-order valence-corrected chi connectivity index (χ2v) is 8.04. The van der Waals surface area contributed by atoms with E-state index in [0.717, 1.165) is 49.6 Å². The monoisotopic (exact) mass is 397 g/mol. The van der Waals surface area contributed by atoms with E-state index in [1.807, 2.05) is 45.0 Å². The van der Waals surface area contributed by atoms with Gasteiger partial charge in [-0.15, -0.1) is 0 Å². The second kappa shape index (κ2) is 9.74. The molecule has 1 aromatic heterocycles. The summed E-state index contributed by atoms with van der Waals surface area (Å²) in [7, 11) is 0. The zero-order valence-corrected chi connectivity index (χ0v) is 17.6. The molecule has 29 heavy (non-hydrogen) atoms. The molecule has 1 aromatic carbocycles. The second-order valence-electron chi connectivity index (χ2n) is 8.04. The molecular weight excluding hydrogens is 366 g/mol. The molecule has 2 heterocycles. The first-order valence-electron chi connectivity index (χ1n) is 10.3. The molecule has 1 aliphatic heterocycles. The normalized spacial score (nSPS) is 15.3. The minimum atomic E-state index is -0.575. The predicted octanol–water partition coefficient (Wildman–Crippen LogP) is 2.85. The summed E-state index contributed by atoms with van der Waals surface area (Å²) in [5, 5.41) is 5.47. The Morgan fingerprint density at radius 1 is 1.03 bits per heavy atom. The van der Waals surface area contributed by atoms with Crippen LogP contribution in [-0.2, 0) is 22.7 Å². The topological polar surface area (TPSA) is 74.6 Å². The van der Waals surface area contributed by atoms with Crippen LogP contribution in [0, 0.1) is 26.7 Å². The number of carbonyl (C=O) groups is 2. The fraction of sp³-hybridized carbons (Fsp3) is 0.478. The zero-order valence-electron chi connectivity index (χ0n) is 17.6. The van der Waals surface area contributed by atoms with Crippen molar-refractivity contribution in [3.63, 3.8) is 0 Å². The lowest BCUT2D eigenvalue weighted by Gasteiger charge is -2.31. The molecule has 2 amide bonds. The highest BCUT2D eigenvalue weighted by molar-refractivity contribution is 6.35. The third-order valence-electron chi connectivity index (χ3n) is 5.58. The summed E-state index contributed by atoms with van der Waals surface area (Å²) < 4.78 is 5.61. The Bertz CT molecular complexity index is 834. The van der Waals surface area contributed by atoms with E-state index < -0.39 is 11.8 Å². The maximum absolute atomic E-state index is 12.1. The number of benzene rings is 1. The lowest BCUT2D eigenvalue weighted by atomic mass is 9.96. The molecule has 0 radical (unpaired) electrons. The van der Waals surface area contributed by atoms with Crippen molar-refractivity contribution in [2.75, 3.05) is 19.6 Å². The Labute approximate surface area is 172 Å². The lowest BCUT2D eigenvalue weighted by molar-refractivity contribution is -0.139. The van der Waals surface area contributed by atoms with Crippen LogP contribution in [0.3, 0.4) is 0 Å². The van der Waals surface area contributed by atoms with Crippen molar-refractivity contribution in [3.8, 4) is 0 Å². The Balaban J connectivity index is 1.35. The van der Waals surface area contributed by atoms with Gasteiger partial charge < -0.3 is 15.1 Å². The molecule has 0 spiro atoms. The van der Waals surface area contributed by atoms with E-state index in [-0.39, 0.29) is 0 Å². The van der Waals surface area contributed by atoms with Crippen LogP contribution in [0.4, 0.5) is 0 Å². The van der Waals surface area contributed by atoms with Gasteiger partial charge in [-0.1, -0.05) is 29.8 Å². The molecule has 0 aliphatic carbocycles. The van der Waals surface area contributed by atoms with Crippen LogP contribution < -0.4 is 10.6 Å². The first kappa shape index (κ1) is 21.1. The Morgan fingerprint density at radius 3 is 2.31 bits per heavy atom. The van der Waals surface area contributed by atoms with E-state index in [4.69, 9.17) is 4.42 Å². The number of aryl methyl sites for hydroxylation is 3. The van der Waals surface area contributed by atoms with E-state index in [0.29, 0.717) is 19.0 Å². The minimum Gasteiger partial charge on any atom is -0.466 e. The van der Waals surface area contributed by atoms with Crippen molar-refractivity contribution in [1.82, 2.24) is 15.5 Å². The van der Waals surface area contributed by atoms with Crippen LogP contribution in [0.2, 0.25) is 0 Å². The van der Waals surface area contributed by atoms with Crippen LogP contribution in [0.25, 0.3) is 0 Å². The number of furan rings is 1. The first-order valence-corrected chi connectivity index (χ1v) is 10.3. The summed E-state index contributed by atoms with van der Waals surface area (Å²) in [5.74, 6) is 1.23. The van der Waals surface area contributed by atoms with Gasteiger partial charge in [0.1, 0.15) is 11.5 Å². The van der Waals surface area contributed by atoms with Gasteiger partial charge in [0.05, 0.1) is 0 Å². The Kier molecular flexibility index (Phi) is 7.09. The first-order chi connectivity index (χ1) is 13.9.